The molecule has 1 aromatic heterocycles. The smallest absolute Gasteiger partial charge is 0.227 e. The number of nitrogens with one attached hydrogen (secondary N) is 1. The van der Waals surface area contributed by atoms with Gasteiger partial charge in [0.2, 0.25) is 5.91 Å². The van der Waals surface area contributed by atoms with E-state index in [1.165, 1.54) is 12.1 Å². The standard InChI is InChI=1S/C19H19FN2O/c1-13(14-7-9-16(20)10-8-14)22(2)19(23)11-15-12-21-18-6-4-3-5-17(15)18/h3-10,12-13,21H,11H2,1-2H3/t13-/m1/s1. The molecule has 0 bridgehead atoms. The first-order valence-electron chi connectivity index (χ1n) is 7.62. The molecule has 0 unspecified atom stereocenters. The van der Waals surface area contributed by atoms with Gasteiger partial charge in [0.25, 0.3) is 0 Å². The lowest BCUT2D eigenvalue weighted by Gasteiger charge is -2.25. The molecule has 1 heterocycles. The Balaban J connectivity index is 1.75. The molecule has 1 amide bonds. The number of carbonyl (C=O) groups excluding carboxylic acids is 1. The molecule has 0 aliphatic heterocycles. The third kappa shape index (κ3) is 3.11. The molecular weight excluding hydrogens is 291 g/mol. The van der Waals surface area contributed by atoms with E-state index >= 15 is 0 Å². The molecule has 0 spiro atoms. The van der Waals surface area contributed by atoms with Crippen LogP contribution in [0.15, 0.2) is 54.7 Å². The van der Waals surface area contributed by atoms with Gasteiger partial charge in [-0.3, -0.25) is 4.79 Å². The van der Waals surface area contributed by atoms with Crippen LogP contribution in [0.1, 0.15) is 24.1 Å². The fourth-order valence-corrected chi connectivity index (χ4v) is 2.75. The average Bonchev–Trinajstić information content (AvgIpc) is 2.97. The molecule has 118 valence electrons. The molecule has 0 radical (unpaired) electrons. The van der Waals surface area contributed by atoms with E-state index in [0.29, 0.717) is 6.42 Å². The molecule has 1 atom stereocenters. The number of carbonyl (C=O) groups is 1. The molecule has 4 heteroatoms. The second-order valence-corrected chi connectivity index (χ2v) is 5.77. The Kier molecular flexibility index (Phi) is 4.15. The average molecular weight is 310 g/mol. The number of aromatic nitrogens is 1. The summed E-state index contributed by atoms with van der Waals surface area (Å²) in [6.45, 7) is 1.94. The number of para-hydroxylation sites is 1. The van der Waals surface area contributed by atoms with Gasteiger partial charge in [-0.15, -0.1) is 0 Å². The van der Waals surface area contributed by atoms with Gasteiger partial charge in [0.1, 0.15) is 5.82 Å². The van der Waals surface area contributed by atoms with Crippen LogP contribution in [0, 0.1) is 5.82 Å². The number of hydrogen-bond acceptors (Lipinski definition) is 1. The van der Waals surface area contributed by atoms with Crippen molar-refractivity contribution in [2.75, 3.05) is 7.05 Å². The summed E-state index contributed by atoms with van der Waals surface area (Å²) in [5.74, 6) is -0.236. The van der Waals surface area contributed by atoms with Gasteiger partial charge in [-0.25, -0.2) is 4.39 Å². The molecule has 2 aromatic carbocycles. The SMILES string of the molecule is C[C@H](c1ccc(F)cc1)N(C)C(=O)Cc1c[nH]c2ccccc12. The zero-order valence-electron chi connectivity index (χ0n) is 13.2. The third-order valence-corrected chi connectivity index (χ3v) is 4.34. The van der Waals surface area contributed by atoms with Crippen molar-refractivity contribution < 1.29 is 9.18 Å². The Labute approximate surface area is 134 Å². The van der Waals surface area contributed by atoms with Crippen molar-refractivity contribution in [1.82, 2.24) is 9.88 Å². The zero-order chi connectivity index (χ0) is 16.4. The molecule has 0 fully saturated rings. The first-order valence-corrected chi connectivity index (χ1v) is 7.62. The largest absolute Gasteiger partial charge is 0.361 e. The summed E-state index contributed by atoms with van der Waals surface area (Å²) in [7, 11) is 1.78. The summed E-state index contributed by atoms with van der Waals surface area (Å²) >= 11 is 0. The lowest BCUT2D eigenvalue weighted by atomic mass is 10.1. The summed E-state index contributed by atoms with van der Waals surface area (Å²) in [6, 6.07) is 14.1. The van der Waals surface area contributed by atoms with Crippen LogP contribution in [0.3, 0.4) is 0 Å². The molecule has 3 rings (SSSR count). The fourth-order valence-electron chi connectivity index (χ4n) is 2.75. The topological polar surface area (TPSA) is 36.1 Å². The Bertz CT molecular complexity index is 823. The van der Waals surface area contributed by atoms with Crippen LogP contribution in [0.4, 0.5) is 4.39 Å². The number of nitrogens with zero attached hydrogens (tertiary/aromatic N) is 1. The van der Waals surface area contributed by atoms with E-state index in [1.807, 2.05) is 37.4 Å². The number of halogens is 1. The molecular formula is C19H19FN2O. The minimum atomic E-state index is -0.270. The van der Waals surface area contributed by atoms with Crippen molar-refractivity contribution in [1.29, 1.82) is 0 Å². The van der Waals surface area contributed by atoms with E-state index in [2.05, 4.69) is 4.98 Å². The minimum absolute atomic E-state index is 0.0339. The predicted octanol–water partition coefficient (Wildman–Crippen LogP) is 4.07. The van der Waals surface area contributed by atoms with Gasteiger partial charge < -0.3 is 9.88 Å². The van der Waals surface area contributed by atoms with Gasteiger partial charge in [-0.2, -0.15) is 0 Å². The maximum atomic E-state index is 13.0. The molecule has 3 aromatic rings. The maximum absolute atomic E-state index is 13.0. The predicted molar refractivity (Wildman–Crippen MR) is 89.6 cm³/mol. The van der Waals surface area contributed by atoms with Gasteiger partial charge in [0, 0.05) is 24.1 Å². The monoisotopic (exact) mass is 310 g/mol. The number of hydrogen-bond donors (Lipinski definition) is 1. The van der Waals surface area contributed by atoms with Crippen LogP contribution in [-0.4, -0.2) is 22.8 Å². The Morgan fingerprint density at radius 2 is 1.87 bits per heavy atom. The van der Waals surface area contributed by atoms with Crippen LogP contribution in [0.5, 0.6) is 0 Å². The summed E-state index contributed by atoms with van der Waals surface area (Å²) < 4.78 is 13.0. The number of likely N-dealkylation sites (N-methyl/N-ethyl adjacent to an activating group) is 1. The number of amides is 1. The van der Waals surface area contributed by atoms with Crippen molar-refractivity contribution >= 4 is 16.8 Å². The van der Waals surface area contributed by atoms with E-state index in [1.54, 1.807) is 24.1 Å². The maximum Gasteiger partial charge on any atom is 0.227 e. The van der Waals surface area contributed by atoms with Crippen LogP contribution in [-0.2, 0) is 11.2 Å². The van der Waals surface area contributed by atoms with Gasteiger partial charge in [0.05, 0.1) is 12.5 Å². The van der Waals surface area contributed by atoms with E-state index < -0.39 is 0 Å². The second kappa shape index (κ2) is 6.24. The summed E-state index contributed by atoms with van der Waals surface area (Å²) in [5.41, 5.74) is 2.94. The zero-order valence-corrected chi connectivity index (χ0v) is 13.2. The molecule has 3 nitrogen and oxygen atoms in total. The summed E-state index contributed by atoms with van der Waals surface area (Å²) in [4.78, 5) is 17.5. The van der Waals surface area contributed by atoms with Crippen LogP contribution in [0.25, 0.3) is 10.9 Å². The molecule has 1 N–H and O–H groups in total. The fraction of sp³-hybridized carbons (Fsp3) is 0.211. The van der Waals surface area contributed by atoms with Crippen LogP contribution < -0.4 is 0 Å². The number of fused-ring (bicyclic) bond motifs is 1. The third-order valence-electron chi connectivity index (χ3n) is 4.34. The van der Waals surface area contributed by atoms with Crippen LogP contribution >= 0.6 is 0 Å². The number of H-pyrrole nitrogens is 1. The van der Waals surface area contributed by atoms with E-state index in [9.17, 15) is 9.18 Å². The first-order chi connectivity index (χ1) is 11.1. The van der Waals surface area contributed by atoms with Crippen molar-refractivity contribution in [2.45, 2.75) is 19.4 Å². The van der Waals surface area contributed by atoms with Gasteiger partial charge >= 0.3 is 0 Å². The number of rotatable bonds is 4. The normalized spacial score (nSPS) is 12.3. The van der Waals surface area contributed by atoms with Gasteiger partial charge in [0.15, 0.2) is 0 Å². The van der Waals surface area contributed by atoms with E-state index in [4.69, 9.17) is 0 Å². The highest BCUT2D eigenvalue weighted by Crippen LogP contribution is 2.22. The van der Waals surface area contributed by atoms with Gasteiger partial charge in [-0.1, -0.05) is 30.3 Å². The highest BCUT2D eigenvalue weighted by Gasteiger charge is 2.18. The Morgan fingerprint density at radius 1 is 1.17 bits per heavy atom. The minimum Gasteiger partial charge on any atom is -0.361 e. The summed E-state index contributed by atoms with van der Waals surface area (Å²) in [6.07, 6.45) is 2.23. The van der Waals surface area contributed by atoms with Crippen LogP contribution in [0.2, 0.25) is 0 Å². The van der Waals surface area contributed by atoms with Crippen molar-refractivity contribution in [2.24, 2.45) is 0 Å². The Morgan fingerprint density at radius 3 is 2.61 bits per heavy atom. The lowest BCUT2D eigenvalue weighted by Crippen LogP contribution is -2.30. The molecule has 0 saturated carbocycles. The van der Waals surface area contributed by atoms with Crippen molar-refractivity contribution in [3.05, 3.63) is 71.7 Å². The highest BCUT2D eigenvalue weighted by molar-refractivity contribution is 5.88. The summed E-state index contributed by atoms with van der Waals surface area (Å²) in [5, 5.41) is 1.07. The molecule has 0 aliphatic carbocycles. The number of aromatic amines is 1. The second-order valence-electron chi connectivity index (χ2n) is 5.77. The number of benzene rings is 2. The quantitative estimate of drug-likeness (QED) is 0.775. The molecule has 0 aliphatic rings. The highest BCUT2D eigenvalue weighted by atomic mass is 19.1. The van der Waals surface area contributed by atoms with E-state index in [0.717, 1.165) is 22.0 Å². The van der Waals surface area contributed by atoms with Crippen molar-refractivity contribution in [3.8, 4) is 0 Å². The van der Waals surface area contributed by atoms with E-state index in [-0.39, 0.29) is 17.8 Å². The van der Waals surface area contributed by atoms with Crippen molar-refractivity contribution in [3.63, 3.8) is 0 Å². The molecule has 23 heavy (non-hydrogen) atoms. The molecule has 0 saturated heterocycles. The Hall–Kier alpha value is -2.62. The van der Waals surface area contributed by atoms with Gasteiger partial charge in [-0.05, 0) is 36.2 Å². The lowest BCUT2D eigenvalue weighted by molar-refractivity contribution is -0.131. The first kappa shape index (κ1) is 15.3.